The first-order valence-electron chi connectivity index (χ1n) is 4.60. The highest BCUT2D eigenvalue weighted by Gasteiger charge is 2.17. The van der Waals surface area contributed by atoms with Crippen LogP contribution in [0.25, 0.3) is 10.8 Å². The van der Waals surface area contributed by atoms with Gasteiger partial charge in [0.1, 0.15) is 0 Å². The summed E-state index contributed by atoms with van der Waals surface area (Å²) in [4.78, 5) is 11.0. The number of halogens is 3. The Labute approximate surface area is 95.6 Å². The first kappa shape index (κ1) is 11.0. The van der Waals surface area contributed by atoms with E-state index in [1.54, 1.807) is 24.3 Å². The molecule has 82 valence electrons. The van der Waals surface area contributed by atoms with Crippen LogP contribution in [0.1, 0.15) is 22.3 Å². The minimum absolute atomic E-state index is 0.129. The van der Waals surface area contributed by atoms with Crippen molar-refractivity contribution in [3.8, 4) is 0 Å². The van der Waals surface area contributed by atoms with Crippen molar-refractivity contribution in [1.82, 2.24) is 0 Å². The molecule has 2 aromatic rings. The molecule has 0 atom stereocenters. The van der Waals surface area contributed by atoms with Crippen LogP contribution in [0.3, 0.4) is 0 Å². The molecule has 0 spiro atoms. The molecule has 0 N–H and O–H groups in total. The molecule has 2 rings (SSSR count). The molecule has 0 aliphatic carbocycles. The SMILES string of the molecule is O=C(Cl)c1cc2ccccc2cc1C(F)F. The summed E-state index contributed by atoms with van der Waals surface area (Å²) in [5.74, 6) is 0. The zero-order valence-corrected chi connectivity index (χ0v) is 8.84. The summed E-state index contributed by atoms with van der Waals surface area (Å²) in [7, 11) is 0. The standard InChI is InChI=1S/C12H7ClF2O/c13-11(16)9-5-7-3-1-2-4-8(7)6-10(9)12(14)15/h1-6,12H. The molecule has 0 radical (unpaired) electrons. The van der Waals surface area contributed by atoms with E-state index in [0.717, 1.165) is 5.39 Å². The van der Waals surface area contributed by atoms with Crippen molar-refractivity contribution in [2.45, 2.75) is 6.43 Å². The average molecular weight is 241 g/mol. The van der Waals surface area contributed by atoms with Gasteiger partial charge >= 0.3 is 0 Å². The van der Waals surface area contributed by atoms with Crippen LogP contribution in [0.4, 0.5) is 8.78 Å². The summed E-state index contributed by atoms with van der Waals surface area (Å²) in [5.41, 5.74) is -0.450. The van der Waals surface area contributed by atoms with Crippen molar-refractivity contribution in [2.75, 3.05) is 0 Å². The molecule has 0 bridgehead atoms. The highest BCUT2D eigenvalue weighted by molar-refractivity contribution is 6.68. The Bertz CT molecular complexity index is 552. The van der Waals surface area contributed by atoms with E-state index in [2.05, 4.69) is 0 Å². The van der Waals surface area contributed by atoms with Crippen LogP contribution in [-0.2, 0) is 0 Å². The van der Waals surface area contributed by atoms with Crippen LogP contribution in [-0.4, -0.2) is 5.24 Å². The van der Waals surface area contributed by atoms with Crippen LogP contribution in [0.2, 0.25) is 0 Å². The van der Waals surface area contributed by atoms with E-state index in [-0.39, 0.29) is 11.1 Å². The number of hydrogen-bond donors (Lipinski definition) is 0. The molecule has 0 saturated carbocycles. The van der Waals surface area contributed by atoms with Crippen LogP contribution < -0.4 is 0 Å². The number of rotatable bonds is 2. The van der Waals surface area contributed by atoms with E-state index in [1.807, 2.05) is 0 Å². The molecule has 0 aromatic heterocycles. The first-order chi connectivity index (χ1) is 7.59. The Balaban J connectivity index is 2.76. The third-order valence-corrected chi connectivity index (χ3v) is 2.57. The molecule has 2 aromatic carbocycles. The van der Waals surface area contributed by atoms with Gasteiger partial charge in [-0.2, -0.15) is 0 Å². The fourth-order valence-electron chi connectivity index (χ4n) is 1.61. The van der Waals surface area contributed by atoms with Crippen molar-refractivity contribution in [3.63, 3.8) is 0 Å². The Morgan fingerprint density at radius 2 is 1.69 bits per heavy atom. The zero-order valence-electron chi connectivity index (χ0n) is 8.08. The minimum Gasteiger partial charge on any atom is -0.276 e. The van der Waals surface area contributed by atoms with Crippen LogP contribution in [0, 0.1) is 0 Å². The number of alkyl halides is 2. The summed E-state index contributed by atoms with van der Waals surface area (Å²) in [6, 6.07) is 9.67. The van der Waals surface area contributed by atoms with Gasteiger partial charge in [-0.25, -0.2) is 8.78 Å². The number of carbonyl (C=O) groups is 1. The number of carbonyl (C=O) groups excluding carboxylic acids is 1. The highest BCUT2D eigenvalue weighted by atomic mass is 35.5. The molecular formula is C12H7ClF2O. The zero-order chi connectivity index (χ0) is 11.7. The fraction of sp³-hybridized carbons (Fsp3) is 0.0833. The smallest absolute Gasteiger partial charge is 0.264 e. The first-order valence-corrected chi connectivity index (χ1v) is 4.98. The maximum absolute atomic E-state index is 12.7. The van der Waals surface area contributed by atoms with Crippen molar-refractivity contribution in [3.05, 3.63) is 47.5 Å². The molecule has 0 aliphatic rings. The van der Waals surface area contributed by atoms with Gasteiger partial charge in [-0.15, -0.1) is 0 Å². The van der Waals surface area contributed by atoms with E-state index >= 15 is 0 Å². The Morgan fingerprint density at radius 1 is 1.12 bits per heavy atom. The third kappa shape index (κ3) is 1.91. The van der Waals surface area contributed by atoms with Gasteiger partial charge < -0.3 is 0 Å². The molecule has 0 amide bonds. The second kappa shape index (κ2) is 4.18. The molecule has 0 saturated heterocycles. The lowest BCUT2D eigenvalue weighted by atomic mass is 10.0. The van der Waals surface area contributed by atoms with Gasteiger partial charge in [-0.05, 0) is 34.5 Å². The molecule has 16 heavy (non-hydrogen) atoms. The van der Waals surface area contributed by atoms with Gasteiger partial charge in [0.2, 0.25) is 0 Å². The van der Waals surface area contributed by atoms with Crippen LogP contribution >= 0.6 is 11.6 Å². The molecule has 4 heteroatoms. The number of hydrogen-bond acceptors (Lipinski definition) is 1. The lowest BCUT2D eigenvalue weighted by molar-refractivity contribution is 0.106. The lowest BCUT2D eigenvalue weighted by Gasteiger charge is -2.07. The van der Waals surface area contributed by atoms with Gasteiger partial charge in [-0.1, -0.05) is 24.3 Å². The number of fused-ring (bicyclic) bond motifs is 1. The van der Waals surface area contributed by atoms with E-state index in [4.69, 9.17) is 11.6 Å². The average Bonchev–Trinajstić information content (AvgIpc) is 2.27. The molecule has 0 heterocycles. The maximum Gasteiger partial charge on any atom is 0.264 e. The Kier molecular flexibility index (Phi) is 2.88. The van der Waals surface area contributed by atoms with Crippen LogP contribution in [0.5, 0.6) is 0 Å². The molecule has 0 aliphatic heterocycles. The lowest BCUT2D eigenvalue weighted by Crippen LogP contribution is -1.98. The Hall–Kier alpha value is -1.48. The molecule has 0 unspecified atom stereocenters. The van der Waals surface area contributed by atoms with E-state index in [0.29, 0.717) is 5.39 Å². The molecule has 1 nitrogen and oxygen atoms in total. The highest BCUT2D eigenvalue weighted by Crippen LogP contribution is 2.28. The van der Waals surface area contributed by atoms with Gasteiger partial charge in [0, 0.05) is 11.1 Å². The van der Waals surface area contributed by atoms with E-state index in [1.165, 1.54) is 12.1 Å². The van der Waals surface area contributed by atoms with Gasteiger partial charge in [0.05, 0.1) is 0 Å². The predicted molar refractivity (Wildman–Crippen MR) is 59.1 cm³/mol. The van der Waals surface area contributed by atoms with Gasteiger partial charge in [0.15, 0.2) is 0 Å². The summed E-state index contributed by atoms with van der Waals surface area (Å²) >= 11 is 5.28. The monoisotopic (exact) mass is 240 g/mol. The largest absolute Gasteiger partial charge is 0.276 e. The summed E-state index contributed by atoms with van der Waals surface area (Å²) < 4.78 is 25.4. The van der Waals surface area contributed by atoms with Gasteiger partial charge in [-0.3, -0.25) is 4.79 Å². The van der Waals surface area contributed by atoms with Crippen molar-refractivity contribution < 1.29 is 13.6 Å². The van der Waals surface area contributed by atoms with E-state index < -0.39 is 11.7 Å². The quantitative estimate of drug-likeness (QED) is 0.721. The third-order valence-electron chi connectivity index (χ3n) is 2.36. The predicted octanol–water partition coefficient (Wildman–Crippen LogP) is 4.16. The van der Waals surface area contributed by atoms with Crippen molar-refractivity contribution >= 4 is 27.6 Å². The second-order valence-electron chi connectivity index (χ2n) is 3.36. The molecule has 0 fully saturated rings. The fourth-order valence-corrected chi connectivity index (χ4v) is 1.77. The van der Waals surface area contributed by atoms with Crippen LogP contribution in [0.15, 0.2) is 36.4 Å². The van der Waals surface area contributed by atoms with Gasteiger partial charge in [0.25, 0.3) is 11.7 Å². The van der Waals surface area contributed by atoms with E-state index in [9.17, 15) is 13.6 Å². The van der Waals surface area contributed by atoms with Crippen molar-refractivity contribution in [2.24, 2.45) is 0 Å². The summed E-state index contributed by atoms with van der Waals surface area (Å²) in [6.45, 7) is 0. The Morgan fingerprint density at radius 3 is 2.19 bits per heavy atom. The maximum atomic E-state index is 12.7. The molecular weight excluding hydrogens is 234 g/mol. The summed E-state index contributed by atoms with van der Waals surface area (Å²) in [6.07, 6.45) is -2.71. The minimum atomic E-state index is -2.71. The normalized spacial score (nSPS) is 11.0. The second-order valence-corrected chi connectivity index (χ2v) is 3.70. The number of benzene rings is 2. The topological polar surface area (TPSA) is 17.1 Å². The summed E-state index contributed by atoms with van der Waals surface area (Å²) in [5, 5.41) is 0.524. The van der Waals surface area contributed by atoms with Crippen molar-refractivity contribution in [1.29, 1.82) is 0 Å².